The molecule has 0 saturated carbocycles. The second-order valence-corrected chi connectivity index (χ2v) is 4.60. The molecule has 1 fully saturated rings. The molecule has 2 N–H and O–H groups in total. The van der Waals surface area contributed by atoms with Crippen LogP contribution >= 0.6 is 0 Å². The predicted octanol–water partition coefficient (Wildman–Crippen LogP) is 0.360. The minimum atomic E-state index is 0.253. The summed E-state index contributed by atoms with van der Waals surface area (Å²) in [7, 11) is 0. The monoisotopic (exact) mass is 232 g/mol. The van der Waals surface area contributed by atoms with Gasteiger partial charge in [-0.1, -0.05) is 0 Å². The lowest BCUT2D eigenvalue weighted by molar-refractivity contribution is 0.501. The standard InChI is InChI=1S/C11H16N6/c1-8-5-10(16-4-2-3-9(12)6-16)17-7-13-15-11(17)14-8/h5,7,9H,2-4,6,12H2,1H3/t9-/m1/s1. The molecule has 0 unspecified atom stereocenters. The normalized spacial score (nSPS) is 21.1. The Morgan fingerprint density at radius 3 is 3.18 bits per heavy atom. The van der Waals surface area contributed by atoms with Gasteiger partial charge in [0.2, 0.25) is 0 Å². The number of piperidine rings is 1. The molecule has 0 bridgehead atoms. The van der Waals surface area contributed by atoms with Crippen LogP contribution in [0.2, 0.25) is 0 Å². The fraction of sp³-hybridized carbons (Fsp3) is 0.545. The van der Waals surface area contributed by atoms with E-state index in [1.807, 2.05) is 11.3 Å². The van der Waals surface area contributed by atoms with Crippen molar-refractivity contribution in [1.29, 1.82) is 0 Å². The van der Waals surface area contributed by atoms with Gasteiger partial charge in [0.1, 0.15) is 12.1 Å². The molecular weight excluding hydrogens is 216 g/mol. The van der Waals surface area contributed by atoms with E-state index in [9.17, 15) is 0 Å². The molecule has 1 aliphatic heterocycles. The third kappa shape index (κ3) is 1.84. The van der Waals surface area contributed by atoms with Crippen molar-refractivity contribution in [2.45, 2.75) is 25.8 Å². The van der Waals surface area contributed by atoms with Crippen LogP contribution in [0, 0.1) is 6.92 Å². The zero-order valence-corrected chi connectivity index (χ0v) is 9.87. The van der Waals surface area contributed by atoms with Crippen LogP contribution in [0.5, 0.6) is 0 Å². The molecule has 0 aromatic carbocycles. The Kier molecular flexibility index (Phi) is 2.44. The molecule has 3 rings (SSSR count). The molecule has 6 nitrogen and oxygen atoms in total. The van der Waals surface area contributed by atoms with Gasteiger partial charge in [-0.2, -0.15) is 0 Å². The Bertz CT molecular complexity index is 534. The van der Waals surface area contributed by atoms with E-state index in [1.54, 1.807) is 6.33 Å². The third-order valence-electron chi connectivity index (χ3n) is 3.17. The first-order valence-electron chi connectivity index (χ1n) is 5.92. The highest BCUT2D eigenvalue weighted by Gasteiger charge is 2.19. The molecule has 90 valence electrons. The summed E-state index contributed by atoms with van der Waals surface area (Å²) in [4.78, 5) is 6.63. The Labute approximate surface area is 99.5 Å². The average Bonchev–Trinajstić information content (AvgIpc) is 2.75. The van der Waals surface area contributed by atoms with Crippen LogP contribution in [0.4, 0.5) is 5.82 Å². The number of fused-ring (bicyclic) bond motifs is 1. The van der Waals surface area contributed by atoms with Gasteiger partial charge in [-0.25, -0.2) is 4.98 Å². The van der Waals surface area contributed by atoms with Crippen LogP contribution in [0.25, 0.3) is 5.78 Å². The quantitative estimate of drug-likeness (QED) is 0.768. The van der Waals surface area contributed by atoms with E-state index in [4.69, 9.17) is 5.73 Å². The van der Waals surface area contributed by atoms with E-state index >= 15 is 0 Å². The summed E-state index contributed by atoms with van der Waals surface area (Å²) in [6, 6.07) is 2.32. The number of nitrogens with two attached hydrogens (primary N) is 1. The first kappa shape index (κ1) is 10.5. The van der Waals surface area contributed by atoms with Crippen molar-refractivity contribution in [3.63, 3.8) is 0 Å². The van der Waals surface area contributed by atoms with Crippen LogP contribution in [0.3, 0.4) is 0 Å². The zero-order valence-electron chi connectivity index (χ0n) is 9.87. The Morgan fingerprint density at radius 2 is 2.35 bits per heavy atom. The highest BCUT2D eigenvalue weighted by atomic mass is 15.3. The highest BCUT2D eigenvalue weighted by Crippen LogP contribution is 2.20. The molecule has 1 atom stereocenters. The van der Waals surface area contributed by atoms with Crippen LogP contribution in [0.1, 0.15) is 18.5 Å². The van der Waals surface area contributed by atoms with Gasteiger partial charge in [-0.3, -0.25) is 4.40 Å². The number of hydrogen-bond acceptors (Lipinski definition) is 5. The first-order chi connectivity index (χ1) is 8.24. The van der Waals surface area contributed by atoms with E-state index in [-0.39, 0.29) is 6.04 Å². The van der Waals surface area contributed by atoms with Crippen molar-refractivity contribution in [2.24, 2.45) is 5.73 Å². The number of aryl methyl sites for hydroxylation is 1. The summed E-state index contributed by atoms with van der Waals surface area (Å²) in [5.41, 5.74) is 6.98. The SMILES string of the molecule is Cc1cc(N2CCC[C@@H](N)C2)n2cnnc2n1. The van der Waals surface area contributed by atoms with Crippen LogP contribution in [0.15, 0.2) is 12.4 Å². The molecule has 2 aromatic heterocycles. The van der Waals surface area contributed by atoms with E-state index < -0.39 is 0 Å². The van der Waals surface area contributed by atoms with Crippen molar-refractivity contribution in [3.8, 4) is 0 Å². The minimum Gasteiger partial charge on any atom is -0.356 e. The van der Waals surface area contributed by atoms with Gasteiger partial charge in [-0.05, 0) is 19.8 Å². The molecule has 17 heavy (non-hydrogen) atoms. The average molecular weight is 232 g/mol. The lowest BCUT2D eigenvalue weighted by Gasteiger charge is -2.32. The molecule has 0 aliphatic carbocycles. The second kappa shape index (κ2) is 3.96. The molecule has 2 aromatic rings. The Hall–Kier alpha value is -1.69. The van der Waals surface area contributed by atoms with Crippen molar-refractivity contribution in [1.82, 2.24) is 19.6 Å². The smallest absolute Gasteiger partial charge is 0.256 e. The minimum absolute atomic E-state index is 0.253. The van der Waals surface area contributed by atoms with Gasteiger partial charge >= 0.3 is 0 Å². The topological polar surface area (TPSA) is 72.3 Å². The number of anilines is 1. The van der Waals surface area contributed by atoms with E-state index in [0.29, 0.717) is 5.78 Å². The number of aromatic nitrogens is 4. The summed E-state index contributed by atoms with van der Waals surface area (Å²) < 4.78 is 1.92. The van der Waals surface area contributed by atoms with Gasteiger partial charge in [0.25, 0.3) is 5.78 Å². The second-order valence-electron chi connectivity index (χ2n) is 4.60. The molecule has 0 radical (unpaired) electrons. The van der Waals surface area contributed by atoms with Crippen molar-refractivity contribution in [2.75, 3.05) is 18.0 Å². The summed E-state index contributed by atoms with van der Waals surface area (Å²) in [6.07, 6.45) is 3.94. The number of rotatable bonds is 1. The first-order valence-corrected chi connectivity index (χ1v) is 5.92. The van der Waals surface area contributed by atoms with Crippen molar-refractivity contribution in [3.05, 3.63) is 18.1 Å². The maximum absolute atomic E-state index is 6.02. The van der Waals surface area contributed by atoms with E-state index in [0.717, 1.165) is 37.4 Å². The Morgan fingerprint density at radius 1 is 1.47 bits per heavy atom. The zero-order chi connectivity index (χ0) is 11.8. The maximum atomic E-state index is 6.02. The van der Waals surface area contributed by atoms with Gasteiger partial charge in [0.05, 0.1) is 0 Å². The molecule has 0 amide bonds. The number of hydrogen-bond donors (Lipinski definition) is 1. The summed E-state index contributed by atoms with van der Waals surface area (Å²) >= 11 is 0. The summed E-state index contributed by atoms with van der Waals surface area (Å²) in [5.74, 6) is 1.74. The lowest BCUT2D eigenvalue weighted by Crippen LogP contribution is -2.43. The van der Waals surface area contributed by atoms with Gasteiger partial charge in [-0.15, -0.1) is 10.2 Å². The molecule has 0 spiro atoms. The fourth-order valence-corrected chi connectivity index (χ4v) is 2.37. The number of nitrogens with zero attached hydrogens (tertiary/aromatic N) is 5. The molecular formula is C11H16N6. The maximum Gasteiger partial charge on any atom is 0.256 e. The summed E-state index contributed by atoms with van der Waals surface area (Å²) in [6.45, 7) is 3.89. The van der Waals surface area contributed by atoms with E-state index in [1.165, 1.54) is 0 Å². The van der Waals surface area contributed by atoms with E-state index in [2.05, 4.69) is 26.1 Å². The third-order valence-corrected chi connectivity index (χ3v) is 3.17. The Balaban J connectivity index is 2.06. The van der Waals surface area contributed by atoms with Gasteiger partial charge < -0.3 is 10.6 Å². The largest absolute Gasteiger partial charge is 0.356 e. The lowest BCUT2D eigenvalue weighted by atomic mass is 10.1. The van der Waals surface area contributed by atoms with Crippen LogP contribution in [-0.4, -0.2) is 38.7 Å². The fourth-order valence-electron chi connectivity index (χ4n) is 2.37. The van der Waals surface area contributed by atoms with Gasteiger partial charge in [0, 0.05) is 30.9 Å². The van der Waals surface area contributed by atoms with Crippen molar-refractivity contribution >= 4 is 11.6 Å². The van der Waals surface area contributed by atoms with Crippen molar-refractivity contribution < 1.29 is 0 Å². The van der Waals surface area contributed by atoms with Gasteiger partial charge in [0.15, 0.2) is 0 Å². The molecule has 1 saturated heterocycles. The summed E-state index contributed by atoms with van der Waals surface area (Å²) in [5, 5.41) is 7.91. The predicted molar refractivity (Wildman–Crippen MR) is 64.9 cm³/mol. The molecule has 1 aliphatic rings. The van der Waals surface area contributed by atoms with Crippen LogP contribution in [-0.2, 0) is 0 Å². The highest BCUT2D eigenvalue weighted by molar-refractivity contribution is 5.48. The molecule has 3 heterocycles. The molecule has 6 heteroatoms. The van der Waals surface area contributed by atoms with Crippen LogP contribution < -0.4 is 10.6 Å².